The summed E-state index contributed by atoms with van der Waals surface area (Å²) in [6, 6.07) is 1.56. The standard InChI is InChI=1S/C7H10N2O/c1-5-3-7(10)6(8-2)4-9-5/h3-4,8H,1-2H3,(H,9,10). The number of aromatic amines is 1. The van der Waals surface area contributed by atoms with E-state index in [1.807, 2.05) is 6.92 Å². The highest BCUT2D eigenvalue weighted by molar-refractivity contribution is 5.39. The number of aromatic nitrogens is 1. The van der Waals surface area contributed by atoms with Crippen molar-refractivity contribution in [2.45, 2.75) is 6.92 Å². The molecule has 1 aromatic heterocycles. The molecule has 3 nitrogen and oxygen atoms in total. The third kappa shape index (κ3) is 1.18. The fourth-order valence-electron chi connectivity index (χ4n) is 0.769. The molecule has 1 aromatic rings. The Bertz CT molecular complexity index is 277. The number of rotatable bonds is 1. The normalized spacial score (nSPS) is 9.40. The molecule has 0 aromatic carbocycles. The van der Waals surface area contributed by atoms with Gasteiger partial charge in [-0.3, -0.25) is 4.79 Å². The summed E-state index contributed by atoms with van der Waals surface area (Å²) in [4.78, 5) is 13.9. The van der Waals surface area contributed by atoms with E-state index in [-0.39, 0.29) is 5.43 Å². The van der Waals surface area contributed by atoms with Crippen molar-refractivity contribution in [2.24, 2.45) is 0 Å². The van der Waals surface area contributed by atoms with Gasteiger partial charge in [-0.1, -0.05) is 0 Å². The molecule has 0 amide bonds. The van der Waals surface area contributed by atoms with Crippen molar-refractivity contribution < 1.29 is 0 Å². The van der Waals surface area contributed by atoms with Crippen molar-refractivity contribution in [3.8, 4) is 0 Å². The largest absolute Gasteiger partial charge is 0.384 e. The van der Waals surface area contributed by atoms with E-state index in [1.165, 1.54) is 0 Å². The van der Waals surface area contributed by atoms with Gasteiger partial charge < -0.3 is 10.3 Å². The van der Waals surface area contributed by atoms with Crippen LogP contribution >= 0.6 is 0 Å². The van der Waals surface area contributed by atoms with Gasteiger partial charge in [-0.2, -0.15) is 0 Å². The van der Waals surface area contributed by atoms with Crippen molar-refractivity contribution >= 4 is 5.69 Å². The lowest BCUT2D eigenvalue weighted by atomic mass is 10.3. The quantitative estimate of drug-likeness (QED) is 0.600. The first-order valence-electron chi connectivity index (χ1n) is 3.11. The van der Waals surface area contributed by atoms with Gasteiger partial charge in [-0.05, 0) is 6.92 Å². The molecule has 0 bridgehead atoms. The van der Waals surface area contributed by atoms with Gasteiger partial charge in [0.15, 0.2) is 0 Å². The van der Waals surface area contributed by atoms with E-state index in [2.05, 4.69) is 10.3 Å². The van der Waals surface area contributed by atoms with Crippen molar-refractivity contribution in [3.63, 3.8) is 0 Å². The zero-order chi connectivity index (χ0) is 7.56. The molecule has 0 saturated heterocycles. The molecule has 54 valence electrons. The number of aryl methyl sites for hydroxylation is 1. The van der Waals surface area contributed by atoms with E-state index in [9.17, 15) is 4.79 Å². The molecule has 0 atom stereocenters. The van der Waals surface area contributed by atoms with Crippen molar-refractivity contribution in [2.75, 3.05) is 12.4 Å². The van der Waals surface area contributed by atoms with Gasteiger partial charge in [-0.25, -0.2) is 0 Å². The maximum absolute atomic E-state index is 11.0. The molecule has 2 N–H and O–H groups in total. The van der Waals surface area contributed by atoms with E-state index in [0.717, 1.165) is 5.69 Å². The molecule has 0 spiro atoms. The minimum Gasteiger partial charge on any atom is -0.384 e. The van der Waals surface area contributed by atoms with Crippen LogP contribution < -0.4 is 10.7 Å². The second-order valence-corrected chi connectivity index (χ2v) is 2.14. The highest BCUT2D eigenvalue weighted by Gasteiger charge is 1.93. The third-order valence-electron chi connectivity index (χ3n) is 1.33. The Balaban J connectivity index is 3.20. The first kappa shape index (κ1) is 6.86. The van der Waals surface area contributed by atoms with Crippen LogP contribution in [0.3, 0.4) is 0 Å². The summed E-state index contributed by atoms with van der Waals surface area (Å²) in [5, 5.41) is 2.78. The maximum Gasteiger partial charge on any atom is 0.204 e. The number of nitrogens with one attached hydrogen (secondary N) is 2. The smallest absolute Gasteiger partial charge is 0.204 e. The SMILES string of the molecule is CNc1c[nH]c(C)cc1=O. The monoisotopic (exact) mass is 138 g/mol. The topological polar surface area (TPSA) is 44.9 Å². The van der Waals surface area contributed by atoms with Gasteiger partial charge in [0.1, 0.15) is 0 Å². The second kappa shape index (κ2) is 2.56. The van der Waals surface area contributed by atoms with Crippen molar-refractivity contribution in [3.05, 3.63) is 28.2 Å². The summed E-state index contributed by atoms with van der Waals surface area (Å²) in [6.45, 7) is 1.85. The fraction of sp³-hybridized carbons (Fsp3) is 0.286. The third-order valence-corrected chi connectivity index (χ3v) is 1.33. The van der Waals surface area contributed by atoms with Crippen LogP contribution in [0.2, 0.25) is 0 Å². The lowest BCUT2D eigenvalue weighted by Gasteiger charge is -1.97. The van der Waals surface area contributed by atoms with Crippen LogP contribution in [0.1, 0.15) is 5.69 Å². The Kier molecular flexibility index (Phi) is 1.76. The number of hydrogen-bond acceptors (Lipinski definition) is 2. The molecule has 1 heterocycles. The Labute approximate surface area is 59.1 Å². The van der Waals surface area contributed by atoms with Crippen molar-refractivity contribution in [1.82, 2.24) is 4.98 Å². The van der Waals surface area contributed by atoms with E-state index >= 15 is 0 Å². The minimum atomic E-state index is 0.0266. The summed E-state index contributed by atoms with van der Waals surface area (Å²) in [6.07, 6.45) is 1.66. The summed E-state index contributed by atoms with van der Waals surface area (Å²) in [5.74, 6) is 0. The summed E-state index contributed by atoms with van der Waals surface area (Å²) in [7, 11) is 1.72. The maximum atomic E-state index is 11.0. The molecule has 0 saturated carbocycles. The molecular weight excluding hydrogens is 128 g/mol. The van der Waals surface area contributed by atoms with E-state index < -0.39 is 0 Å². The number of pyridine rings is 1. The van der Waals surface area contributed by atoms with Crippen LogP contribution in [-0.2, 0) is 0 Å². The molecule has 1 rings (SSSR count). The van der Waals surface area contributed by atoms with Crippen LogP contribution in [-0.4, -0.2) is 12.0 Å². The molecule has 0 aliphatic rings. The summed E-state index contributed by atoms with van der Waals surface area (Å²) in [5.41, 5.74) is 1.51. The highest BCUT2D eigenvalue weighted by Crippen LogP contribution is 1.94. The first-order chi connectivity index (χ1) is 4.74. The Hall–Kier alpha value is -1.25. The zero-order valence-corrected chi connectivity index (χ0v) is 6.06. The zero-order valence-electron chi connectivity index (χ0n) is 6.06. The molecule has 0 unspecified atom stereocenters. The van der Waals surface area contributed by atoms with Gasteiger partial charge in [-0.15, -0.1) is 0 Å². The molecule has 0 aliphatic heterocycles. The molecule has 3 heteroatoms. The predicted octanol–water partition coefficient (Wildman–Crippen LogP) is 0.725. The summed E-state index contributed by atoms with van der Waals surface area (Å²) >= 11 is 0. The second-order valence-electron chi connectivity index (χ2n) is 2.14. The lowest BCUT2D eigenvalue weighted by Crippen LogP contribution is -2.07. The molecule has 10 heavy (non-hydrogen) atoms. The summed E-state index contributed by atoms with van der Waals surface area (Å²) < 4.78 is 0. The molecule has 0 fully saturated rings. The van der Waals surface area contributed by atoms with Crippen LogP contribution in [0.5, 0.6) is 0 Å². The molecule has 0 aliphatic carbocycles. The minimum absolute atomic E-state index is 0.0266. The Morgan fingerprint density at radius 2 is 2.30 bits per heavy atom. The predicted molar refractivity (Wildman–Crippen MR) is 41.3 cm³/mol. The Morgan fingerprint density at radius 1 is 1.60 bits per heavy atom. The average molecular weight is 138 g/mol. The van der Waals surface area contributed by atoms with E-state index in [1.54, 1.807) is 19.3 Å². The number of H-pyrrole nitrogens is 1. The number of anilines is 1. The Morgan fingerprint density at radius 3 is 2.80 bits per heavy atom. The fourth-order valence-corrected chi connectivity index (χ4v) is 0.769. The van der Waals surface area contributed by atoms with E-state index in [4.69, 9.17) is 0 Å². The van der Waals surface area contributed by atoms with E-state index in [0.29, 0.717) is 5.69 Å². The highest BCUT2D eigenvalue weighted by atomic mass is 16.1. The van der Waals surface area contributed by atoms with Gasteiger partial charge in [0.05, 0.1) is 5.69 Å². The van der Waals surface area contributed by atoms with Crippen molar-refractivity contribution in [1.29, 1.82) is 0 Å². The van der Waals surface area contributed by atoms with Gasteiger partial charge in [0, 0.05) is 25.0 Å². The lowest BCUT2D eigenvalue weighted by molar-refractivity contribution is 1.18. The number of hydrogen-bond donors (Lipinski definition) is 2. The molecule has 0 radical (unpaired) electrons. The van der Waals surface area contributed by atoms with Gasteiger partial charge in [0.25, 0.3) is 0 Å². The van der Waals surface area contributed by atoms with Gasteiger partial charge in [0.2, 0.25) is 5.43 Å². The van der Waals surface area contributed by atoms with Gasteiger partial charge >= 0.3 is 0 Å². The van der Waals surface area contributed by atoms with Crippen LogP contribution in [0.25, 0.3) is 0 Å². The van der Waals surface area contributed by atoms with Crippen LogP contribution in [0, 0.1) is 6.92 Å². The van der Waals surface area contributed by atoms with Crippen LogP contribution in [0.15, 0.2) is 17.1 Å². The molecular formula is C7H10N2O. The van der Waals surface area contributed by atoms with Crippen LogP contribution in [0.4, 0.5) is 5.69 Å². The average Bonchev–Trinajstić information content (AvgIpc) is 1.88. The first-order valence-corrected chi connectivity index (χ1v) is 3.11.